The van der Waals surface area contributed by atoms with E-state index >= 15 is 0 Å². The monoisotopic (exact) mass is 446 g/mol. The van der Waals surface area contributed by atoms with Crippen molar-refractivity contribution in [2.45, 2.75) is 65.1 Å². The predicted molar refractivity (Wildman–Crippen MR) is 130 cm³/mol. The molecule has 3 rings (SSSR count). The maximum Gasteiger partial charge on any atom is 0.241 e. The van der Waals surface area contributed by atoms with Crippen LogP contribution in [-0.2, 0) is 4.79 Å². The van der Waals surface area contributed by atoms with Crippen LogP contribution in [0.4, 0.5) is 5.69 Å². The summed E-state index contributed by atoms with van der Waals surface area (Å²) < 4.78 is 5.22. The molecule has 0 bridgehead atoms. The second-order valence-electron chi connectivity index (χ2n) is 9.15. The summed E-state index contributed by atoms with van der Waals surface area (Å²) in [5, 5.41) is 7.85. The Morgan fingerprint density at radius 2 is 1.87 bits per heavy atom. The maximum absolute atomic E-state index is 13.3. The minimum Gasteiger partial charge on any atom is -0.497 e. The van der Waals surface area contributed by atoms with E-state index in [-0.39, 0.29) is 17.6 Å². The number of rotatable bonds is 7. The number of anilines is 1. The molecule has 7 heteroatoms. The summed E-state index contributed by atoms with van der Waals surface area (Å²) >= 11 is 5.69. The van der Waals surface area contributed by atoms with Crippen LogP contribution in [-0.4, -0.2) is 59.3 Å². The quantitative estimate of drug-likeness (QED) is 0.616. The molecule has 0 radical (unpaired) electrons. The average Bonchev–Trinajstić information content (AvgIpc) is 3.05. The van der Waals surface area contributed by atoms with E-state index in [9.17, 15) is 4.79 Å². The smallest absolute Gasteiger partial charge is 0.241 e. The van der Waals surface area contributed by atoms with Crippen molar-refractivity contribution in [2.75, 3.05) is 32.1 Å². The molecule has 1 amide bonds. The van der Waals surface area contributed by atoms with Gasteiger partial charge in [-0.15, -0.1) is 0 Å². The first-order chi connectivity index (χ1) is 14.8. The van der Waals surface area contributed by atoms with Gasteiger partial charge in [-0.2, -0.15) is 0 Å². The van der Waals surface area contributed by atoms with Gasteiger partial charge in [-0.1, -0.05) is 40.5 Å². The molecule has 2 fully saturated rings. The van der Waals surface area contributed by atoms with Gasteiger partial charge < -0.3 is 19.9 Å². The van der Waals surface area contributed by atoms with Crippen LogP contribution in [0.1, 0.15) is 53.4 Å². The Kier molecular flexibility index (Phi) is 7.81. The molecule has 172 valence electrons. The number of benzene rings is 1. The van der Waals surface area contributed by atoms with Crippen molar-refractivity contribution < 1.29 is 9.53 Å². The van der Waals surface area contributed by atoms with E-state index in [4.69, 9.17) is 17.0 Å². The number of amides is 1. The minimum atomic E-state index is -0.249. The molecule has 2 aliphatic rings. The molecule has 2 N–H and O–H groups in total. The van der Waals surface area contributed by atoms with Gasteiger partial charge in [-0.25, -0.2) is 0 Å². The van der Waals surface area contributed by atoms with Crippen molar-refractivity contribution >= 4 is 28.9 Å². The maximum atomic E-state index is 13.3. The number of ether oxygens (including phenoxy) is 1. The molecule has 31 heavy (non-hydrogen) atoms. The molecule has 0 aromatic heterocycles. The second-order valence-corrected chi connectivity index (χ2v) is 9.53. The average molecular weight is 447 g/mol. The van der Waals surface area contributed by atoms with Crippen molar-refractivity contribution in [2.24, 2.45) is 11.8 Å². The standard InChI is InChI=1S/C24H38N4O2S/c1-6-17(3)16-28-22(29)21(18(4)7-2)26-24(28)12-14-27(15-13-24)23(31)25-19-8-10-20(30-5)11-9-19/h8-11,17-18,21,26H,6-7,12-16H2,1-5H3,(H,25,31)/t17-,18-,21+/m0/s1. The lowest BCUT2D eigenvalue weighted by atomic mass is 9.94. The summed E-state index contributed by atoms with van der Waals surface area (Å²) in [4.78, 5) is 17.7. The Bertz CT molecular complexity index is 761. The van der Waals surface area contributed by atoms with E-state index in [2.05, 4.69) is 48.1 Å². The van der Waals surface area contributed by atoms with Gasteiger partial charge in [0.2, 0.25) is 5.91 Å². The topological polar surface area (TPSA) is 56.8 Å². The molecule has 1 spiro atoms. The number of methoxy groups -OCH3 is 1. The highest BCUT2D eigenvalue weighted by molar-refractivity contribution is 7.80. The Hall–Kier alpha value is -1.86. The second kappa shape index (κ2) is 10.2. The van der Waals surface area contributed by atoms with Crippen molar-refractivity contribution in [1.29, 1.82) is 0 Å². The zero-order valence-electron chi connectivity index (χ0n) is 19.6. The van der Waals surface area contributed by atoms with Gasteiger partial charge in [0.1, 0.15) is 5.75 Å². The zero-order chi connectivity index (χ0) is 22.6. The third kappa shape index (κ3) is 5.14. The Morgan fingerprint density at radius 1 is 1.23 bits per heavy atom. The number of hydrogen-bond donors (Lipinski definition) is 2. The van der Waals surface area contributed by atoms with E-state index < -0.39 is 0 Å². The summed E-state index contributed by atoms with van der Waals surface area (Å²) in [6, 6.07) is 7.71. The summed E-state index contributed by atoms with van der Waals surface area (Å²) in [5.74, 6) is 1.93. The number of nitrogens with one attached hydrogen (secondary N) is 2. The van der Waals surface area contributed by atoms with Crippen molar-refractivity contribution in [3.63, 3.8) is 0 Å². The van der Waals surface area contributed by atoms with Gasteiger partial charge in [0.25, 0.3) is 0 Å². The van der Waals surface area contributed by atoms with Gasteiger partial charge >= 0.3 is 0 Å². The molecule has 0 unspecified atom stereocenters. The molecule has 3 atom stereocenters. The van der Waals surface area contributed by atoms with Gasteiger partial charge in [0.15, 0.2) is 5.11 Å². The molecule has 2 saturated heterocycles. The Morgan fingerprint density at radius 3 is 2.42 bits per heavy atom. The molecular weight excluding hydrogens is 408 g/mol. The van der Waals surface area contributed by atoms with Crippen LogP contribution in [0.15, 0.2) is 24.3 Å². The normalized spacial score (nSPS) is 22.5. The summed E-state index contributed by atoms with van der Waals surface area (Å²) in [5.41, 5.74) is 0.705. The lowest BCUT2D eigenvalue weighted by molar-refractivity contribution is -0.134. The molecule has 0 saturated carbocycles. The lowest BCUT2D eigenvalue weighted by Gasteiger charge is -2.46. The highest BCUT2D eigenvalue weighted by atomic mass is 32.1. The van der Waals surface area contributed by atoms with Crippen LogP contribution < -0.4 is 15.4 Å². The molecule has 1 aromatic carbocycles. The van der Waals surface area contributed by atoms with Crippen LogP contribution in [0.25, 0.3) is 0 Å². The molecule has 0 aliphatic carbocycles. The summed E-state index contributed by atoms with van der Waals surface area (Å²) in [7, 11) is 1.66. The number of carbonyl (C=O) groups excluding carboxylic acids is 1. The van der Waals surface area contributed by atoms with Gasteiger partial charge in [-0.3, -0.25) is 10.1 Å². The molecule has 2 aliphatic heterocycles. The van der Waals surface area contributed by atoms with Gasteiger partial charge in [0, 0.05) is 38.2 Å². The van der Waals surface area contributed by atoms with Crippen LogP contribution in [0, 0.1) is 11.8 Å². The number of carbonyl (C=O) groups is 1. The van der Waals surface area contributed by atoms with E-state index in [1.165, 1.54) is 0 Å². The van der Waals surface area contributed by atoms with E-state index in [1.54, 1.807) is 7.11 Å². The highest BCUT2D eigenvalue weighted by Gasteiger charge is 2.52. The number of thiocarbonyl (C=S) groups is 1. The number of nitrogens with zero attached hydrogens (tertiary/aromatic N) is 2. The SMILES string of the molecule is CC[C@H](C)CN1C(=O)[C@@H]([C@@H](C)CC)NC12CCN(C(=S)Nc1ccc(OC)cc1)CC2. The van der Waals surface area contributed by atoms with Gasteiger partial charge in [0.05, 0.1) is 18.8 Å². The molecule has 1 aromatic rings. The first kappa shape index (κ1) is 23.8. The van der Waals surface area contributed by atoms with Crippen LogP contribution >= 0.6 is 12.2 Å². The van der Waals surface area contributed by atoms with Gasteiger partial charge in [-0.05, 0) is 48.3 Å². The van der Waals surface area contributed by atoms with Crippen molar-refractivity contribution in [3.8, 4) is 5.75 Å². The fraction of sp³-hybridized carbons (Fsp3) is 0.667. The Labute approximate surface area is 192 Å². The minimum absolute atomic E-state index is 0.0787. The highest BCUT2D eigenvalue weighted by Crippen LogP contribution is 2.36. The van der Waals surface area contributed by atoms with Crippen molar-refractivity contribution in [3.05, 3.63) is 24.3 Å². The fourth-order valence-corrected chi connectivity index (χ4v) is 4.81. The van der Waals surface area contributed by atoms with Crippen LogP contribution in [0.2, 0.25) is 0 Å². The first-order valence-corrected chi connectivity index (χ1v) is 12.0. The van der Waals surface area contributed by atoms with E-state index in [1.807, 2.05) is 24.3 Å². The van der Waals surface area contributed by atoms with E-state index in [0.29, 0.717) is 11.8 Å². The number of piperidine rings is 1. The number of hydrogen-bond acceptors (Lipinski definition) is 4. The third-order valence-corrected chi connectivity index (χ3v) is 7.46. The first-order valence-electron chi connectivity index (χ1n) is 11.6. The third-order valence-electron chi connectivity index (χ3n) is 7.10. The molecule has 2 heterocycles. The molecule has 6 nitrogen and oxygen atoms in total. The van der Waals surface area contributed by atoms with E-state index in [0.717, 1.165) is 61.9 Å². The van der Waals surface area contributed by atoms with Crippen molar-refractivity contribution in [1.82, 2.24) is 15.1 Å². The number of likely N-dealkylation sites (tertiary alicyclic amines) is 1. The Balaban J connectivity index is 1.67. The van der Waals surface area contributed by atoms with Crippen LogP contribution in [0.5, 0.6) is 5.75 Å². The lowest BCUT2D eigenvalue weighted by Crippen LogP contribution is -2.60. The fourth-order valence-electron chi connectivity index (χ4n) is 4.51. The predicted octanol–water partition coefficient (Wildman–Crippen LogP) is 4.08. The largest absolute Gasteiger partial charge is 0.497 e. The summed E-state index contributed by atoms with van der Waals surface area (Å²) in [6.45, 7) is 11.3. The zero-order valence-corrected chi connectivity index (χ0v) is 20.4. The summed E-state index contributed by atoms with van der Waals surface area (Å²) in [6.07, 6.45) is 3.84. The van der Waals surface area contributed by atoms with Crippen LogP contribution in [0.3, 0.4) is 0 Å². The molecular formula is C24H38N4O2S.